The van der Waals surface area contributed by atoms with Gasteiger partial charge in [-0.05, 0) is 49.1 Å². The normalized spacial score (nSPS) is 12.9. The van der Waals surface area contributed by atoms with Crippen molar-refractivity contribution in [2.45, 2.75) is 26.4 Å². The fourth-order valence-corrected chi connectivity index (χ4v) is 2.68. The van der Waals surface area contributed by atoms with E-state index in [1.165, 1.54) is 0 Å². The maximum Gasteiger partial charge on any atom is 0.412 e. The number of aliphatic hydroxyl groups excluding tert-OH is 2. The number of benzene rings is 2. The number of rotatable bonds is 9. The van der Waals surface area contributed by atoms with Crippen LogP contribution in [-0.4, -0.2) is 36.1 Å². The summed E-state index contributed by atoms with van der Waals surface area (Å²) >= 11 is 0. The highest BCUT2D eigenvalue weighted by Crippen LogP contribution is 2.30. The SMILES string of the molecule is Cc1ccc(NC(=O)O[C@H](c2ccc(OCCO)cc2)[C@@H](C)CCO)cc1. The first kappa shape index (κ1) is 20.7. The van der Waals surface area contributed by atoms with E-state index in [0.717, 1.165) is 11.1 Å². The van der Waals surface area contributed by atoms with Crippen LogP contribution in [-0.2, 0) is 4.74 Å². The Kier molecular flexibility index (Phi) is 8.10. The fraction of sp³-hybridized carbons (Fsp3) is 0.381. The highest BCUT2D eigenvalue weighted by Gasteiger charge is 2.23. The van der Waals surface area contributed by atoms with E-state index >= 15 is 0 Å². The molecule has 27 heavy (non-hydrogen) atoms. The molecule has 0 bridgehead atoms. The molecule has 0 aromatic heterocycles. The topological polar surface area (TPSA) is 88.0 Å². The second-order valence-electron chi connectivity index (χ2n) is 6.45. The fourth-order valence-electron chi connectivity index (χ4n) is 2.68. The van der Waals surface area contributed by atoms with Crippen LogP contribution in [0.5, 0.6) is 5.75 Å². The Morgan fingerprint density at radius 3 is 2.30 bits per heavy atom. The van der Waals surface area contributed by atoms with Crippen molar-refractivity contribution < 1.29 is 24.5 Å². The number of anilines is 1. The number of amides is 1. The third-order valence-electron chi connectivity index (χ3n) is 4.20. The smallest absolute Gasteiger partial charge is 0.412 e. The summed E-state index contributed by atoms with van der Waals surface area (Å²) < 4.78 is 11.0. The minimum atomic E-state index is -0.547. The van der Waals surface area contributed by atoms with Crippen molar-refractivity contribution in [3.63, 3.8) is 0 Å². The average Bonchev–Trinajstić information content (AvgIpc) is 2.67. The van der Waals surface area contributed by atoms with Gasteiger partial charge in [-0.2, -0.15) is 0 Å². The van der Waals surface area contributed by atoms with E-state index in [1.807, 2.05) is 50.2 Å². The molecule has 1 amide bonds. The Hall–Kier alpha value is -2.57. The molecular formula is C21H27NO5. The first-order valence-corrected chi connectivity index (χ1v) is 9.02. The summed E-state index contributed by atoms with van der Waals surface area (Å²) in [6.07, 6.45) is -0.547. The number of nitrogens with one attached hydrogen (secondary N) is 1. The Bertz CT molecular complexity index is 700. The minimum absolute atomic E-state index is 0.0122. The van der Waals surface area contributed by atoms with Gasteiger partial charge in [0.1, 0.15) is 18.5 Å². The van der Waals surface area contributed by atoms with E-state index in [9.17, 15) is 9.90 Å². The molecule has 0 spiro atoms. The van der Waals surface area contributed by atoms with Crippen molar-refractivity contribution in [2.75, 3.05) is 25.1 Å². The van der Waals surface area contributed by atoms with Gasteiger partial charge in [-0.25, -0.2) is 4.79 Å². The van der Waals surface area contributed by atoms with Crippen LogP contribution in [0.4, 0.5) is 10.5 Å². The summed E-state index contributed by atoms with van der Waals surface area (Å²) in [4.78, 5) is 12.3. The van der Waals surface area contributed by atoms with E-state index < -0.39 is 12.2 Å². The zero-order chi connectivity index (χ0) is 19.6. The van der Waals surface area contributed by atoms with Gasteiger partial charge in [0.25, 0.3) is 0 Å². The third-order valence-corrected chi connectivity index (χ3v) is 4.20. The van der Waals surface area contributed by atoms with Crippen molar-refractivity contribution in [3.8, 4) is 5.75 Å². The standard InChI is InChI=1S/C21H27NO5/c1-15-3-7-18(8-4-15)22-21(25)27-20(16(2)11-12-23)17-5-9-19(10-6-17)26-14-13-24/h3-10,16,20,23-24H,11-14H2,1-2H3,(H,22,25)/t16-,20-/m0/s1. The predicted octanol–water partition coefficient (Wildman–Crippen LogP) is 3.67. The maximum atomic E-state index is 12.3. The molecule has 2 aromatic rings. The summed E-state index contributed by atoms with van der Waals surface area (Å²) in [6, 6.07) is 14.6. The minimum Gasteiger partial charge on any atom is -0.491 e. The van der Waals surface area contributed by atoms with Gasteiger partial charge < -0.3 is 19.7 Å². The highest BCUT2D eigenvalue weighted by molar-refractivity contribution is 5.84. The van der Waals surface area contributed by atoms with E-state index in [-0.39, 0.29) is 25.7 Å². The molecule has 0 aliphatic heterocycles. The van der Waals surface area contributed by atoms with Crippen LogP contribution < -0.4 is 10.1 Å². The molecule has 6 nitrogen and oxygen atoms in total. The Labute approximate surface area is 159 Å². The number of aryl methyl sites for hydroxylation is 1. The predicted molar refractivity (Wildman–Crippen MR) is 104 cm³/mol. The number of carbonyl (C=O) groups is 1. The van der Waals surface area contributed by atoms with Crippen molar-refractivity contribution in [1.29, 1.82) is 0 Å². The largest absolute Gasteiger partial charge is 0.491 e. The number of aliphatic hydroxyl groups is 2. The van der Waals surface area contributed by atoms with E-state index in [0.29, 0.717) is 17.9 Å². The maximum absolute atomic E-state index is 12.3. The monoisotopic (exact) mass is 373 g/mol. The van der Waals surface area contributed by atoms with Gasteiger partial charge in [0.2, 0.25) is 0 Å². The van der Waals surface area contributed by atoms with Gasteiger partial charge in [-0.15, -0.1) is 0 Å². The summed E-state index contributed by atoms with van der Waals surface area (Å²) in [6.45, 7) is 4.08. The lowest BCUT2D eigenvalue weighted by Gasteiger charge is -2.24. The lowest BCUT2D eigenvalue weighted by molar-refractivity contribution is 0.0667. The van der Waals surface area contributed by atoms with Crippen molar-refractivity contribution >= 4 is 11.8 Å². The van der Waals surface area contributed by atoms with Crippen LogP contribution in [0.2, 0.25) is 0 Å². The highest BCUT2D eigenvalue weighted by atomic mass is 16.6. The van der Waals surface area contributed by atoms with Gasteiger partial charge in [0.05, 0.1) is 6.61 Å². The van der Waals surface area contributed by atoms with Crippen molar-refractivity contribution in [3.05, 3.63) is 59.7 Å². The molecule has 2 aromatic carbocycles. The van der Waals surface area contributed by atoms with Crippen molar-refractivity contribution in [1.82, 2.24) is 0 Å². The molecule has 146 valence electrons. The quantitative estimate of drug-likeness (QED) is 0.624. The summed E-state index contributed by atoms with van der Waals surface area (Å²) in [5.41, 5.74) is 2.57. The molecule has 0 aliphatic rings. The van der Waals surface area contributed by atoms with Crippen LogP contribution in [0.1, 0.15) is 30.6 Å². The lowest BCUT2D eigenvalue weighted by Crippen LogP contribution is -2.22. The van der Waals surface area contributed by atoms with E-state index in [4.69, 9.17) is 14.6 Å². The summed E-state index contributed by atoms with van der Waals surface area (Å²) in [5, 5.41) is 20.8. The molecule has 0 saturated carbocycles. The number of carbonyl (C=O) groups excluding carboxylic acids is 1. The average molecular weight is 373 g/mol. The van der Waals surface area contributed by atoms with Crippen LogP contribution in [0.25, 0.3) is 0 Å². The summed E-state index contributed by atoms with van der Waals surface area (Å²) in [5.74, 6) is 0.563. The van der Waals surface area contributed by atoms with Gasteiger partial charge in [0.15, 0.2) is 0 Å². The van der Waals surface area contributed by atoms with Crippen molar-refractivity contribution in [2.24, 2.45) is 5.92 Å². The van der Waals surface area contributed by atoms with Gasteiger partial charge in [-0.3, -0.25) is 5.32 Å². The van der Waals surface area contributed by atoms with Gasteiger partial charge in [0, 0.05) is 12.3 Å². The second-order valence-corrected chi connectivity index (χ2v) is 6.45. The molecule has 2 rings (SSSR count). The zero-order valence-electron chi connectivity index (χ0n) is 15.7. The molecule has 0 heterocycles. The van der Waals surface area contributed by atoms with Crippen LogP contribution in [0.3, 0.4) is 0 Å². The van der Waals surface area contributed by atoms with Crippen LogP contribution >= 0.6 is 0 Å². The third kappa shape index (κ3) is 6.58. The molecular weight excluding hydrogens is 346 g/mol. The first-order valence-electron chi connectivity index (χ1n) is 9.02. The molecule has 0 unspecified atom stereocenters. The summed E-state index contributed by atoms with van der Waals surface area (Å²) in [7, 11) is 0. The molecule has 2 atom stereocenters. The van der Waals surface area contributed by atoms with Crippen LogP contribution in [0.15, 0.2) is 48.5 Å². The number of hydrogen-bond acceptors (Lipinski definition) is 5. The zero-order valence-corrected chi connectivity index (χ0v) is 15.7. The van der Waals surface area contributed by atoms with Gasteiger partial charge >= 0.3 is 6.09 Å². The lowest BCUT2D eigenvalue weighted by atomic mass is 9.94. The van der Waals surface area contributed by atoms with Crippen LogP contribution in [0, 0.1) is 12.8 Å². The molecule has 0 saturated heterocycles. The van der Waals surface area contributed by atoms with E-state index in [1.54, 1.807) is 12.1 Å². The second kappa shape index (κ2) is 10.5. The first-order chi connectivity index (χ1) is 13.0. The van der Waals surface area contributed by atoms with Gasteiger partial charge in [-0.1, -0.05) is 36.8 Å². The number of ether oxygens (including phenoxy) is 2. The molecule has 3 N–H and O–H groups in total. The number of hydrogen-bond donors (Lipinski definition) is 3. The van der Waals surface area contributed by atoms with E-state index in [2.05, 4.69) is 5.32 Å². The Morgan fingerprint density at radius 1 is 1.04 bits per heavy atom. The molecule has 6 heteroatoms. The molecule has 0 radical (unpaired) electrons. The molecule has 0 fully saturated rings. The Morgan fingerprint density at radius 2 is 1.70 bits per heavy atom. The Balaban J connectivity index is 2.08. The molecule has 0 aliphatic carbocycles.